The smallest absolute Gasteiger partial charge is 0.312 e. The molecule has 1 saturated heterocycles. The second kappa shape index (κ2) is 7.52. The Morgan fingerprint density at radius 2 is 2.04 bits per heavy atom. The van der Waals surface area contributed by atoms with Crippen molar-refractivity contribution in [3.05, 3.63) is 41.7 Å². The average molecular weight is 372 g/mol. The number of carboxylic acid groups (broad SMARTS) is 1. The maximum atomic E-state index is 13.1. The van der Waals surface area contributed by atoms with E-state index in [-0.39, 0.29) is 25.4 Å². The van der Waals surface area contributed by atoms with Crippen molar-refractivity contribution in [3.63, 3.8) is 0 Å². The highest BCUT2D eigenvalue weighted by atomic mass is 16.5. The molecule has 2 atom stereocenters. The van der Waals surface area contributed by atoms with Crippen molar-refractivity contribution < 1.29 is 24.3 Å². The Hall–Kier alpha value is -2.67. The summed E-state index contributed by atoms with van der Waals surface area (Å²) >= 11 is 0. The summed E-state index contributed by atoms with van der Waals surface area (Å²) in [6.07, 6.45) is 0.134. The zero-order valence-electron chi connectivity index (χ0n) is 15.5. The van der Waals surface area contributed by atoms with Crippen LogP contribution in [-0.4, -0.2) is 51.3 Å². The third kappa shape index (κ3) is 3.35. The largest absolute Gasteiger partial charge is 0.481 e. The minimum absolute atomic E-state index is 0.0238. The van der Waals surface area contributed by atoms with Crippen molar-refractivity contribution in [1.29, 1.82) is 0 Å². The molecule has 1 amide bonds. The third-order valence-corrected chi connectivity index (χ3v) is 5.39. The zero-order chi connectivity index (χ0) is 19.6. The van der Waals surface area contributed by atoms with Gasteiger partial charge in [-0.05, 0) is 19.8 Å². The number of hydrogen-bond donors (Lipinski definition) is 2. The summed E-state index contributed by atoms with van der Waals surface area (Å²) in [5, 5.41) is 24.3. The van der Waals surface area contributed by atoms with Crippen LogP contribution in [0.2, 0.25) is 0 Å². The lowest BCUT2D eigenvalue weighted by Gasteiger charge is -2.42. The van der Waals surface area contributed by atoms with Crippen LogP contribution in [0.5, 0.6) is 0 Å². The van der Waals surface area contributed by atoms with E-state index in [4.69, 9.17) is 4.52 Å². The Morgan fingerprint density at radius 1 is 1.33 bits per heavy atom. The first-order chi connectivity index (χ1) is 12.9. The molecule has 1 aromatic carbocycles. The summed E-state index contributed by atoms with van der Waals surface area (Å²) < 4.78 is 5.25. The lowest BCUT2D eigenvalue weighted by molar-refractivity contribution is -0.162. The van der Waals surface area contributed by atoms with Crippen LogP contribution >= 0.6 is 0 Å². The Kier molecular flexibility index (Phi) is 5.32. The number of aliphatic carboxylic acids is 1. The molecule has 0 aliphatic carbocycles. The normalized spacial score (nSPS) is 22.6. The van der Waals surface area contributed by atoms with E-state index in [9.17, 15) is 19.8 Å². The van der Waals surface area contributed by atoms with Crippen LogP contribution < -0.4 is 0 Å². The van der Waals surface area contributed by atoms with Gasteiger partial charge in [0.25, 0.3) is 5.91 Å². The summed E-state index contributed by atoms with van der Waals surface area (Å²) in [5.74, 6) is -0.908. The molecule has 7 heteroatoms. The van der Waals surface area contributed by atoms with Crippen molar-refractivity contribution in [3.8, 4) is 11.3 Å². The van der Waals surface area contributed by atoms with E-state index in [1.165, 1.54) is 4.90 Å². The fourth-order valence-electron chi connectivity index (χ4n) is 3.83. The molecule has 2 aromatic rings. The number of hydrogen-bond acceptors (Lipinski definition) is 5. The predicted octanol–water partition coefficient (Wildman–Crippen LogP) is 2.73. The molecule has 0 bridgehead atoms. The van der Waals surface area contributed by atoms with Crippen LogP contribution in [0.15, 0.2) is 34.9 Å². The van der Waals surface area contributed by atoms with Crippen molar-refractivity contribution in [1.82, 2.24) is 10.1 Å². The van der Waals surface area contributed by atoms with E-state index in [0.29, 0.717) is 29.9 Å². The Labute approximate surface area is 157 Å². The van der Waals surface area contributed by atoms with Gasteiger partial charge in [-0.1, -0.05) is 48.8 Å². The summed E-state index contributed by atoms with van der Waals surface area (Å²) in [4.78, 5) is 26.4. The van der Waals surface area contributed by atoms with Crippen molar-refractivity contribution >= 4 is 11.9 Å². The molecule has 0 saturated carbocycles. The Morgan fingerprint density at radius 3 is 2.63 bits per heavy atom. The number of aliphatic hydroxyl groups is 1. The number of β-amino-alcohol motifs (C(OH)–C–C–N with tert-alkyl or cyclic N) is 1. The molecule has 1 fully saturated rings. The van der Waals surface area contributed by atoms with Crippen LogP contribution in [-0.2, 0) is 4.79 Å². The van der Waals surface area contributed by atoms with Crippen LogP contribution in [0, 0.1) is 12.3 Å². The highest BCUT2D eigenvalue weighted by Crippen LogP contribution is 2.38. The monoisotopic (exact) mass is 372 g/mol. The molecule has 144 valence electrons. The number of aromatic nitrogens is 1. The number of carbonyl (C=O) groups is 2. The first-order valence-corrected chi connectivity index (χ1v) is 9.13. The molecule has 2 heterocycles. The quantitative estimate of drug-likeness (QED) is 0.836. The van der Waals surface area contributed by atoms with E-state index in [1.807, 2.05) is 37.3 Å². The second-order valence-electron chi connectivity index (χ2n) is 7.06. The van der Waals surface area contributed by atoms with Gasteiger partial charge in [-0.15, -0.1) is 0 Å². The minimum atomic E-state index is -1.20. The first kappa shape index (κ1) is 19.1. The number of benzene rings is 1. The van der Waals surface area contributed by atoms with Crippen LogP contribution in [0.1, 0.15) is 42.3 Å². The highest BCUT2D eigenvalue weighted by Gasteiger charge is 2.49. The molecule has 1 aliphatic heterocycles. The summed E-state index contributed by atoms with van der Waals surface area (Å²) in [6.45, 7) is 3.80. The lowest BCUT2D eigenvalue weighted by atomic mass is 9.72. The Bertz CT molecular complexity index is 832. The van der Waals surface area contributed by atoms with Gasteiger partial charge in [0.05, 0.1) is 11.5 Å². The fourth-order valence-corrected chi connectivity index (χ4v) is 3.83. The van der Waals surface area contributed by atoms with E-state index >= 15 is 0 Å². The van der Waals surface area contributed by atoms with Gasteiger partial charge < -0.3 is 19.6 Å². The number of aliphatic hydroxyl groups excluding tert-OH is 1. The Balaban J connectivity index is 1.87. The molecule has 0 unspecified atom stereocenters. The molecule has 27 heavy (non-hydrogen) atoms. The predicted molar refractivity (Wildman–Crippen MR) is 98.2 cm³/mol. The van der Waals surface area contributed by atoms with Crippen LogP contribution in [0.25, 0.3) is 11.3 Å². The number of rotatable bonds is 5. The molecular weight excluding hydrogens is 348 g/mol. The minimum Gasteiger partial charge on any atom is -0.481 e. The maximum absolute atomic E-state index is 13.1. The lowest BCUT2D eigenvalue weighted by Crippen LogP contribution is -2.56. The maximum Gasteiger partial charge on any atom is 0.312 e. The van der Waals surface area contributed by atoms with Gasteiger partial charge >= 0.3 is 5.97 Å². The standard InChI is InChI=1S/C20H24N2O5/c1-3-9-20(19(25)26)10-11-22(12-15(20)23)18(24)16-13(2)27-21-17(16)14-7-5-4-6-8-14/h4-8,15,23H,3,9-12H2,1-2H3,(H,25,26)/t15-,20-/m0/s1. The number of piperidine rings is 1. The molecule has 1 aliphatic rings. The SMILES string of the molecule is CCC[C@]1(C(=O)O)CCN(C(=O)c2c(-c3ccccc3)noc2C)C[C@@H]1O. The molecule has 7 nitrogen and oxygen atoms in total. The molecule has 1 aromatic heterocycles. The highest BCUT2D eigenvalue weighted by molar-refractivity contribution is 6.01. The summed E-state index contributed by atoms with van der Waals surface area (Å²) in [5.41, 5.74) is 0.376. The first-order valence-electron chi connectivity index (χ1n) is 9.13. The number of likely N-dealkylation sites (tertiary alicyclic amines) is 1. The molecule has 0 radical (unpaired) electrons. The van der Waals surface area contributed by atoms with Crippen LogP contribution in [0.4, 0.5) is 0 Å². The molecule has 3 rings (SSSR count). The van der Waals surface area contributed by atoms with Gasteiger partial charge in [-0.25, -0.2) is 0 Å². The summed E-state index contributed by atoms with van der Waals surface area (Å²) in [6, 6.07) is 9.26. The third-order valence-electron chi connectivity index (χ3n) is 5.39. The number of carbonyl (C=O) groups excluding carboxylic acids is 1. The molecular formula is C20H24N2O5. The average Bonchev–Trinajstić information content (AvgIpc) is 3.05. The second-order valence-corrected chi connectivity index (χ2v) is 7.06. The van der Waals surface area contributed by atoms with E-state index in [0.717, 1.165) is 5.56 Å². The van der Waals surface area contributed by atoms with Crippen molar-refractivity contribution in [2.24, 2.45) is 5.41 Å². The van der Waals surface area contributed by atoms with Crippen molar-refractivity contribution in [2.45, 2.75) is 39.2 Å². The van der Waals surface area contributed by atoms with Crippen molar-refractivity contribution in [2.75, 3.05) is 13.1 Å². The van der Waals surface area contributed by atoms with Gasteiger partial charge in [0.15, 0.2) is 0 Å². The fraction of sp³-hybridized carbons (Fsp3) is 0.450. The number of amides is 1. The number of carboxylic acids is 1. The van der Waals surface area contributed by atoms with Gasteiger partial charge in [0, 0.05) is 18.7 Å². The van der Waals surface area contributed by atoms with E-state index in [2.05, 4.69) is 5.16 Å². The van der Waals surface area contributed by atoms with Gasteiger partial charge in [0.1, 0.15) is 17.0 Å². The van der Waals surface area contributed by atoms with Gasteiger partial charge in [0.2, 0.25) is 0 Å². The van der Waals surface area contributed by atoms with Crippen LogP contribution in [0.3, 0.4) is 0 Å². The topological polar surface area (TPSA) is 104 Å². The molecule has 0 spiro atoms. The number of nitrogens with zero attached hydrogens (tertiary/aromatic N) is 2. The van der Waals surface area contributed by atoms with Gasteiger partial charge in [-0.2, -0.15) is 0 Å². The van der Waals surface area contributed by atoms with Gasteiger partial charge in [-0.3, -0.25) is 9.59 Å². The van der Waals surface area contributed by atoms with E-state index in [1.54, 1.807) is 6.92 Å². The summed E-state index contributed by atoms with van der Waals surface area (Å²) in [7, 11) is 0. The molecule has 2 N–H and O–H groups in total. The van der Waals surface area contributed by atoms with E-state index < -0.39 is 17.5 Å². The number of aryl methyl sites for hydroxylation is 1. The zero-order valence-corrected chi connectivity index (χ0v) is 15.5.